The fourth-order valence-electron chi connectivity index (χ4n) is 1.02. The Morgan fingerprint density at radius 1 is 1.60 bits per heavy atom. The summed E-state index contributed by atoms with van der Waals surface area (Å²) in [6.45, 7) is 3.50. The van der Waals surface area contributed by atoms with E-state index >= 15 is 0 Å². The lowest BCUT2D eigenvalue weighted by molar-refractivity contribution is -0.116. The maximum atomic E-state index is 11.3. The number of rotatable bonds is 5. The first-order valence-electron chi connectivity index (χ1n) is 4.36. The number of amides is 1. The summed E-state index contributed by atoms with van der Waals surface area (Å²) in [6.07, 6.45) is 2.54. The Hall–Kier alpha value is -1.62. The van der Waals surface area contributed by atoms with Gasteiger partial charge < -0.3 is 10.4 Å². The number of carboxylic acid groups (broad SMARTS) is 1. The zero-order valence-corrected chi connectivity index (χ0v) is 8.84. The van der Waals surface area contributed by atoms with E-state index in [1.54, 1.807) is 17.5 Å². The lowest BCUT2D eigenvalue weighted by Crippen LogP contribution is -2.12. The average Bonchev–Trinajstić information content (AvgIpc) is 2.62. The predicted octanol–water partition coefficient (Wildman–Crippen LogP) is 2.35. The van der Waals surface area contributed by atoms with Crippen LogP contribution >= 0.6 is 11.3 Å². The van der Waals surface area contributed by atoms with Crippen LogP contribution < -0.4 is 5.32 Å². The number of hydrogen-bond donors (Lipinski definition) is 2. The maximum Gasteiger partial charge on any atom is 0.348 e. The molecular formula is C10H11NO3S. The van der Waals surface area contributed by atoms with Crippen molar-refractivity contribution < 1.29 is 14.7 Å². The van der Waals surface area contributed by atoms with Gasteiger partial charge in [-0.15, -0.1) is 17.9 Å². The zero-order valence-electron chi connectivity index (χ0n) is 8.03. The van der Waals surface area contributed by atoms with E-state index in [4.69, 9.17) is 5.11 Å². The van der Waals surface area contributed by atoms with Crippen molar-refractivity contribution in [3.05, 3.63) is 29.0 Å². The molecule has 80 valence electrons. The molecule has 0 radical (unpaired) electrons. The monoisotopic (exact) mass is 225 g/mol. The first-order chi connectivity index (χ1) is 7.15. The summed E-state index contributed by atoms with van der Waals surface area (Å²) in [5, 5.41) is 13.0. The van der Waals surface area contributed by atoms with E-state index in [0.29, 0.717) is 18.5 Å². The molecule has 4 nitrogen and oxygen atoms in total. The minimum Gasteiger partial charge on any atom is -0.477 e. The van der Waals surface area contributed by atoms with Gasteiger partial charge in [-0.3, -0.25) is 4.79 Å². The SMILES string of the molecule is C=CCCC(=O)Nc1ccsc1C(=O)O. The summed E-state index contributed by atoms with van der Waals surface area (Å²) in [5.74, 6) is -1.22. The van der Waals surface area contributed by atoms with Crippen molar-refractivity contribution in [3.8, 4) is 0 Å². The largest absolute Gasteiger partial charge is 0.477 e. The van der Waals surface area contributed by atoms with Crippen LogP contribution in [-0.2, 0) is 4.79 Å². The summed E-state index contributed by atoms with van der Waals surface area (Å²) < 4.78 is 0. The number of nitrogens with one attached hydrogen (secondary N) is 1. The van der Waals surface area contributed by atoms with Crippen LogP contribution in [0.2, 0.25) is 0 Å². The molecule has 15 heavy (non-hydrogen) atoms. The van der Waals surface area contributed by atoms with Gasteiger partial charge in [0.2, 0.25) is 5.91 Å². The molecule has 0 saturated carbocycles. The maximum absolute atomic E-state index is 11.3. The van der Waals surface area contributed by atoms with Gasteiger partial charge in [-0.25, -0.2) is 4.79 Å². The minimum atomic E-state index is -1.02. The first-order valence-corrected chi connectivity index (χ1v) is 5.24. The number of thiophene rings is 1. The molecule has 0 unspecified atom stereocenters. The quantitative estimate of drug-likeness (QED) is 0.756. The number of carboxylic acids is 1. The van der Waals surface area contributed by atoms with Crippen LogP contribution in [0.25, 0.3) is 0 Å². The minimum absolute atomic E-state index is 0.155. The fourth-order valence-corrected chi connectivity index (χ4v) is 1.71. The molecule has 0 aliphatic carbocycles. The molecule has 1 aromatic rings. The molecule has 0 saturated heterocycles. The molecule has 0 aliphatic rings. The number of aromatic carboxylic acids is 1. The van der Waals surface area contributed by atoms with E-state index in [0.717, 1.165) is 11.3 Å². The van der Waals surface area contributed by atoms with Crippen molar-refractivity contribution in [2.75, 3.05) is 5.32 Å². The Bertz CT molecular complexity index is 384. The summed E-state index contributed by atoms with van der Waals surface area (Å²) in [6, 6.07) is 1.58. The van der Waals surface area contributed by atoms with Crippen LogP contribution in [0.5, 0.6) is 0 Å². The number of carbonyl (C=O) groups is 2. The number of allylic oxidation sites excluding steroid dienone is 1. The molecule has 1 heterocycles. The molecule has 1 rings (SSSR count). The van der Waals surface area contributed by atoms with E-state index in [1.807, 2.05) is 0 Å². The number of anilines is 1. The van der Waals surface area contributed by atoms with Crippen LogP contribution in [0.3, 0.4) is 0 Å². The molecule has 0 atom stereocenters. The average molecular weight is 225 g/mol. The Labute approximate surface area is 91.2 Å². The summed E-state index contributed by atoms with van der Waals surface area (Å²) >= 11 is 1.09. The molecule has 1 amide bonds. The van der Waals surface area contributed by atoms with Gasteiger partial charge in [0.25, 0.3) is 0 Å². The molecule has 0 spiro atoms. The predicted molar refractivity (Wildman–Crippen MR) is 59.3 cm³/mol. The summed E-state index contributed by atoms with van der Waals surface area (Å²) in [4.78, 5) is 22.2. The van der Waals surface area contributed by atoms with Crippen LogP contribution in [0, 0.1) is 0 Å². The fraction of sp³-hybridized carbons (Fsp3) is 0.200. The summed E-state index contributed by atoms with van der Waals surface area (Å²) in [7, 11) is 0. The van der Waals surface area contributed by atoms with Crippen LogP contribution in [0.4, 0.5) is 5.69 Å². The normalized spacial score (nSPS) is 9.60. The second kappa shape index (κ2) is 5.31. The Morgan fingerprint density at radius 2 is 2.33 bits per heavy atom. The van der Waals surface area contributed by atoms with E-state index < -0.39 is 5.97 Å². The number of carbonyl (C=O) groups excluding carboxylic acids is 1. The van der Waals surface area contributed by atoms with Gasteiger partial charge in [0.05, 0.1) is 5.69 Å². The van der Waals surface area contributed by atoms with Crippen molar-refractivity contribution in [2.45, 2.75) is 12.8 Å². The van der Waals surface area contributed by atoms with Crippen molar-refractivity contribution in [2.24, 2.45) is 0 Å². The third-order valence-corrected chi connectivity index (χ3v) is 2.61. The molecule has 5 heteroatoms. The lowest BCUT2D eigenvalue weighted by atomic mass is 10.3. The van der Waals surface area contributed by atoms with Crippen molar-refractivity contribution >= 4 is 28.9 Å². The highest BCUT2D eigenvalue weighted by molar-refractivity contribution is 7.12. The topological polar surface area (TPSA) is 66.4 Å². The van der Waals surface area contributed by atoms with Gasteiger partial charge in [-0.2, -0.15) is 0 Å². The van der Waals surface area contributed by atoms with Crippen molar-refractivity contribution in [3.63, 3.8) is 0 Å². The van der Waals surface area contributed by atoms with Gasteiger partial charge >= 0.3 is 5.97 Å². The second-order valence-corrected chi connectivity index (χ2v) is 3.76. The van der Waals surface area contributed by atoms with Gasteiger partial charge in [0, 0.05) is 6.42 Å². The molecule has 0 aromatic carbocycles. The molecule has 0 aliphatic heterocycles. The highest BCUT2D eigenvalue weighted by Crippen LogP contribution is 2.22. The Balaban J connectivity index is 2.64. The van der Waals surface area contributed by atoms with Crippen LogP contribution in [0.15, 0.2) is 24.1 Å². The Kier molecular flexibility index (Phi) is 4.05. The molecule has 0 bridgehead atoms. The second-order valence-electron chi connectivity index (χ2n) is 2.84. The van der Waals surface area contributed by atoms with E-state index in [2.05, 4.69) is 11.9 Å². The van der Waals surface area contributed by atoms with Gasteiger partial charge in [0.15, 0.2) is 0 Å². The lowest BCUT2D eigenvalue weighted by Gasteiger charge is -2.02. The third-order valence-electron chi connectivity index (χ3n) is 1.71. The zero-order chi connectivity index (χ0) is 11.3. The van der Waals surface area contributed by atoms with E-state index in [1.165, 1.54) is 0 Å². The molecular weight excluding hydrogens is 214 g/mol. The first kappa shape index (κ1) is 11.5. The van der Waals surface area contributed by atoms with Gasteiger partial charge in [0.1, 0.15) is 4.88 Å². The van der Waals surface area contributed by atoms with E-state index in [-0.39, 0.29) is 10.8 Å². The molecule has 1 aromatic heterocycles. The van der Waals surface area contributed by atoms with Crippen LogP contribution in [0.1, 0.15) is 22.5 Å². The standard InChI is InChI=1S/C10H11NO3S/c1-2-3-4-8(12)11-7-5-6-15-9(7)10(13)14/h2,5-6H,1,3-4H2,(H,11,12)(H,13,14). The molecule has 2 N–H and O–H groups in total. The summed E-state index contributed by atoms with van der Waals surface area (Å²) in [5.41, 5.74) is 0.363. The van der Waals surface area contributed by atoms with Gasteiger partial charge in [-0.05, 0) is 17.9 Å². The Morgan fingerprint density at radius 3 is 2.93 bits per heavy atom. The molecule has 0 fully saturated rings. The van der Waals surface area contributed by atoms with Crippen molar-refractivity contribution in [1.82, 2.24) is 0 Å². The van der Waals surface area contributed by atoms with E-state index in [9.17, 15) is 9.59 Å². The highest BCUT2D eigenvalue weighted by atomic mass is 32.1. The third kappa shape index (κ3) is 3.21. The van der Waals surface area contributed by atoms with Crippen molar-refractivity contribution in [1.29, 1.82) is 0 Å². The number of hydrogen-bond acceptors (Lipinski definition) is 3. The van der Waals surface area contributed by atoms with Gasteiger partial charge in [-0.1, -0.05) is 6.08 Å². The van der Waals surface area contributed by atoms with Crippen LogP contribution in [-0.4, -0.2) is 17.0 Å². The highest BCUT2D eigenvalue weighted by Gasteiger charge is 2.13. The smallest absolute Gasteiger partial charge is 0.348 e.